The number of halogens is 3. The molecule has 0 bridgehead atoms. The van der Waals surface area contributed by atoms with Gasteiger partial charge in [-0.15, -0.1) is 0 Å². The summed E-state index contributed by atoms with van der Waals surface area (Å²) in [5.74, 6) is -0.552. The van der Waals surface area contributed by atoms with Gasteiger partial charge >= 0.3 is 0 Å². The van der Waals surface area contributed by atoms with E-state index in [9.17, 15) is 17.9 Å². The molecule has 0 heterocycles. The minimum absolute atomic E-state index is 0.222. The van der Waals surface area contributed by atoms with Crippen molar-refractivity contribution in [3.8, 4) is 0 Å². The van der Waals surface area contributed by atoms with Crippen molar-refractivity contribution in [1.82, 2.24) is 0 Å². The third kappa shape index (κ3) is 6.38. The van der Waals surface area contributed by atoms with Crippen LogP contribution in [0.4, 0.5) is 8.78 Å². The maximum atomic E-state index is 11.6. The molecule has 0 aromatic rings. The Balaban J connectivity index is 3.54. The maximum absolute atomic E-state index is 11.6. The monoisotopic (exact) mass is 316 g/mol. The first-order valence-electron chi connectivity index (χ1n) is 2.69. The van der Waals surface area contributed by atoms with Gasteiger partial charge in [-0.1, -0.05) is 22.6 Å². The second-order valence-corrected chi connectivity index (χ2v) is 6.82. The second-order valence-electron chi connectivity index (χ2n) is 1.56. The molecule has 68 valence electrons. The Bertz CT molecular complexity index is 108. The molecule has 0 aliphatic carbocycles. The topological polar surface area (TPSA) is 46.1 Å². The van der Waals surface area contributed by atoms with Crippen LogP contribution in [-0.4, -0.2) is 31.5 Å². The molecule has 0 aromatic carbocycles. The molecule has 7 heteroatoms. The molecule has 0 radical (unpaired) electrons. The standard InChI is InChI=1S/C4H7F2IO2S2/c5-4(6)3-11(9)10(8)2-1-7/h4H,1-3H2. The fourth-order valence-electron chi connectivity index (χ4n) is 0.335. The van der Waals surface area contributed by atoms with Crippen molar-refractivity contribution in [2.75, 3.05) is 15.9 Å². The van der Waals surface area contributed by atoms with Crippen LogP contribution in [-0.2, 0) is 20.4 Å². The summed E-state index contributed by atoms with van der Waals surface area (Å²) < 4.78 is 45.1. The lowest BCUT2D eigenvalue weighted by atomic mass is 10.9. The molecule has 2 nitrogen and oxygen atoms in total. The highest BCUT2D eigenvalue weighted by molar-refractivity contribution is 14.1. The molecule has 0 aromatic heterocycles. The first-order valence-corrected chi connectivity index (χ1v) is 7.37. The van der Waals surface area contributed by atoms with Gasteiger partial charge in [-0.25, -0.2) is 8.78 Å². The Morgan fingerprint density at radius 2 is 1.82 bits per heavy atom. The minimum atomic E-state index is -2.63. The van der Waals surface area contributed by atoms with Crippen molar-refractivity contribution in [3.63, 3.8) is 0 Å². The van der Waals surface area contributed by atoms with Gasteiger partial charge in [0.1, 0.15) is 0 Å². The molecule has 0 amide bonds. The Morgan fingerprint density at radius 3 is 2.18 bits per heavy atom. The van der Waals surface area contributed by atoms with Crippen molar-refractivity contribution in [2.45, 2.75) is 6.43 Å². The van der Waals surface area contributed by atoms with Crippen molar-refractivity contribution < 1.29 is 17.9 Å². The number of alkyl halides is 3. The van der Waals surface area contributed by atoms with E-state index in [-0.39, 0.29) is 5.75 Å². The van der Waals surface area contributed by atoms with Gasteiger partial charge in [0.25, 0.3) is 6.43 Å². The van der Waals surface area contributed by atoms with Gasteiger partial charge in [0, 0.05) is 4.43 Å². The summed E-state index contributed by atoms with van der Waals surface area (Å²) in [6, 6.07) is 0. The van der Waals surface area contributed by atoms with Crippen LogP contribution in [0.5, 0.6) is 0 Å². The molecule has 0 N–H and O–H groups in total. The predicted molar refractivity (Wildman–Crippen MR) is 50.9 cm³/mol. The molecule has 0 fully saturated rings. The highest BCUT2D eigenvalue weighted by Gasteiger charge is 2.27. The molecule has 0 saturated heterocycles. The molecule has 0 aliphatic rings. The van der Waals surface area contributed by atoms with Crippen LogP contribution in [0, 0.1) is 0 Å². The van der Waals surface area contributed by atoms with Gasteiger partial charge in [-0.3, -0.25) is 0 Å². The lowest BCUT2D eigenvalue weighted by Gasteiger charge is -2.10. The van der Waals surface area contributed by atoms with Crippen molar-refractivity contribution in [2.24, 2.45) is 0 Å². The fraction of sp³-hybridized carbons (Fsp3) is 1.00. The van der Waals surface area contributed by atoms with Crippen LogP contribution in [0.3, 0.4) is 0 Å². The summed E-state index contributed by atoms with van der Waals surface area (Å²) in [7, 11) is -3.48. The first kappa shape index (κ1) is 12.2. The van der Waals surface area contributed by atoms with Crippen LogP contribution < -0.4 is 0 Å². The van der Waals surface area contributed by atoms with Gasteiger partial charge in [0.05, 0.1) is 0 Å². The average Bonchev–Trinajstić information content (AvgIpc) is 1.86. The molecule has 2 atom stereocenters. The van der Waals surface area contributed by atoms with Crippen molar-refractivity contribution >= 4 is 43.0 Å². The molecule has 11 heavy (non-hydrogen) atoms. The molecular weight excluding hydrogens is 309 g/mol. The molecular formula is C4H7F2IO2S2. The van der Waals surface area contributed by atoms with Crippen LogP contribution in [0.2, 0.25) is 0 Å². The van der Waals surface area contributed by atoms with E-state index in [0.717, 1.165) is 0 Å². The second kappa shape index (κ2) is 6.70. The van der Waals surface area contributed by atoms with Crippen LogP contribution in [0.25, 0.3) is 0 Å². The van der Waals surface area contributed by atoms with E-state index in [4.69, 9.17) is 0 Å². The zero-order valence-corrected chi connectivity index (χ0v) is 9.26. The van der Waals surface area contributed by atoms with E-state index in [1.807, 2.05) is 22.6 Å². The number of hydrogen-bond acceptors (Lipinski definition) is 2. The Kier molecular flexibility index (Phi) is 7.43. The molecule has 0 spiro atoms. The van der Waals surface area contributed by atoms with E-state index >= 15 is 0 Å². The van der Waals surface area contributed by atoms with Gasteiger partial charge in [-0.2, -0.15) is 0 Å². The Labute approximate surface area is 83.0 Å². The van der Waals surface area contributed by atoms with Gasteiger partial charge in [0.2, 0.25) is 5.75 Å². The van der Waals surface area contributed by atoms with Gasteiger partial charge in [0.15, 0.2) is 26.2 Å². The third-order valence-electron chi connectivity index (χ3n) is 0.713. The lowest BCUT2D eigenvalue weighted by molar-refractivity contribution is 0.175. The summed E-state index contributed by atoms with van der Waals surface area (Å²) in [5, 5.41) is 0. The summed E-state index contributed by atoms with van der Waals surface area (Å²) in [6.45, 7) is 0. The zero-order chi connectivity index (χ0) is 8.85. The fourth-order valence-corrected chi connectivity index (χ4v) is 4.67. The Hall–Kier alpha value is 1.21. The van der Waals surface area contributed by atoms with E-state index in [1.54, 1.807) is 0 Å². The van der Waals surface area contributed by atoms with Gasteiger partial charge in [-0.05, 0) is 0 Å². The lowest BCUT2D eigenvalue weighted by Crippen LogP contribution is -2.25. The average molecular weight is 316 g/mol. The predicted octanol–water partition coefficient (Wildman–Crippen LogP) is 1.10. The Morgan fingerprint density at radius 1 is 1.27 bits per heavy atom. The highest BCUT2D eigenvalue weighted by atomic mass is 127. The summed E-state index contributed by atoms with van der Waals surface area (Å²) >= 11 is 1.95. The largest absolute Gasteiger partial charge is 0.571 e. The van der Waals surface area contributed by atoms with E-state index in [2.05, 4.69) is 0 Å². The maximum Gasteiger partial charge on any atom is 0.287 e. The van der Waals surface area contributed by atoms with Crippen LogP contribution in [0.1, 0.15) is 0 Å². The molecule has 0 saturated carbocycles. The smallest absolute Gasteiger partial charge is 0.287 e. The quantitative estimate of drug-likeness (QED) is 0.330. The highest BCUT2D eigenvalue weighted by Crippen LogP contribution is 2.09. The van der Waals surface area contributed by atoms with E-state index in [0.29, 0.717) is 4.43 Å². The summed E-state index contributed by atoms with van der Waals surface area (Å²) in [6.07, 6.45) is -2.63. The zero-order valence-electron chi connectivity index (χ0n) is 5.47. The number of rotatable bonds is 5. The van der Waals surface area contributed by atoms with Crippen LogP contribution in [0.15, 0.2) is 0 Å². The number of hydrogen-bond donors (Lipinski definition) is 0. The summed E-state index contributed by atoms with van der Waals surface area (Å²) in [5.41, 5.74) is 0. The van der Waals surface area contributed by atoms with E-state index in [1.165, 1.54) is 0 Å². The molecule has 0 rings (SSSR count). The van der Waals surface area contributed by atoms with Gasteiger partial charge < -0.3 is 9.11 Å². The minimum Gasteiger partial charge on any atom is -0.571 e. The van der Waals surface area contributed by atoms with Crippen molar-refractivity contribution in [3.05, 3.63) is 0 Å². The summed E-state index contributed by atoms with van der Waals surface area (Å²) in [4.78, 5) is 0. The van der Waals surface area contributed by atoms with Crippen molar-refractivity contribution in [1.29, 1.82) is 0 Å². The van der Waals surface area contributed by atoms with E-state index < -0.39 is 32.6 Å². The molecule has 2 unspecified atom stereocenters. The first-order chi connectivity index (χ1) is 5.07. The SMILES string of the molecule is [O-][S+](CCI)[S+]([O-])CC(F)F. The molecule has 0 aliphatic heterocycles. The normalized spacial score (nSPS) is 16.9. The van der Waals surface area contributed by atoms with Crippen LogP contribution >= 0.6 is 22.6 Å². The third-order valence-corrected chi connectivity index (χ3v) is 5.61.